The summed E-state index contributed by atoms with van der Waals surface area (Å²) >= 11 is 0. The van der Waals surface area contributed by atoms with Crippen molar-refractivity contribution < 1.29 is 5.11 Å². The number of rotatable bonds is 5. The lowest BCUT2D eigenvalue weighted by Gasteiger charge is -2.31. The van der Waals surface area contributed by atoms with Gasteiger partial charge in [-0.1, -0.05) is 31.4 Å². The van der Waals surface area contributed by atoms with E-state index >= 15 is 0 Å². The molecule has 1 unspecified atom stereocenters. The predicted molar refractivity (Wildman–Crippen MR) is 85.2 cm³/mol. The van der Waals surface area contributed by atoms with Crippen LogP contribution in [0.15, 0.2) is 30.5 Å². The average Bonchev–Trinajstić information content (AvgIpc) is 2.55. The first-order valence-corrected chi connectivity index (χ1v) is 7.96. The van der Waals surface area contributed by atoms with Gasteiger partial charge in [0.2, 0.25) is 0 Å². The van der Waals surface area contributed by atoms with Crippen LogP contribution < -0.4 is 5.32 Å². The minimum absolute atomic E-state index is 0.217. The van der Waals surface area contributed by atoms with Crippen LogP contribution >= 0.6 is 0 Å². The summed E-state index contributed by atoms with van der Waals surface area (Å²) in [5.41, 5.74) is 1.83. The molecule has 1 aliphatic rings. The lowest BCUT2D eigenvalue weighted by molar-refractivity contribution is 0.239. The quantitative estimate of drug-likeness (QED) is 0.884. The van der Waals surface area contributed by atoms with Gasteiger partial charge in [-0.05, 0) is 37.3 Å². The van der Waals surface area contributed by atoms with Crippen molar-refractivity contribution in [3.05, 3.63) is 30.5 Å². The zero-order chi connectivity index (χ0) is 14.5. The fourth-order valence-electron chi connectivity index (χ4n) is 3.32. The largest absolute Gasteiger partial charge is 0.396 e. The van der Waals surface area contributed by atoms with E-state index in [2.05, 4.69) is 15.3 Å². The number of hydrogen-bond acceptors (Lipinski definition) is 4. The molecule has 0 bridgehead atoms. The van der Waals surface area contributed by atoms with Gasteiger partial charge in [0.1, 0.15) is 5.82 Å². The molecule has 1 aromatic heterocycles. The van der Waals surface area contributed by atoms with Crippen molar-refractivity contribution in [2.45, 2.75) is 44.6 Å². The number of aliphatic hydroxyl groups is 1. The molecule has 2 N–H and O–H groups in total. The number of anilines is 1. The Bertz CT molecular complexity index is 581. The molecule has 0 saturated heterocycles. The molecule has 1 atom stereocenters. The van der Waals surface area contributed by atoms with Crippen molar-refractivity contribution in [3.63, 3.8) is 0 Å². The minimum Gasteiger partial charge on any atom is -0.396 e. The minimum atomic E-state index is 0.217. The van der Waals surface area contributed by atoms with E-state index in [0.29, 0.717) is 12.0 Å². The van der Waals surface area contributed by atoms with Crippen LogP contribution in [0.4, 0.5) is 5.82 Å². The van der Waals surface area contributed by atoms with E-state index in [9.17, 15) is 5.11 Å². The molecule has 4 heteroatoms. The highest BCUT2D eigenvalue weighted by Gasteiger charge is 2.23. The van der Waals surface area contributed by atoms with Crippen LogP contribution in [0.1, 0.15) is 38.5 Å². The number of fused-ring (bicyclic) bond motifs is 1. The van der Waals surface area contributed by atoms with Crippen LogP contribution in [0.3, 0.4) is 0 Å². The summed E-state index contributed by atoms with van der Waals surface area (Å²) in [5, 5.41) is 12.8. The second-order valence-corrected chi connectivity index (χ2v) is 5.91. The number of hydrogen-bond donors (Lipinski definition) is 2. The third kappa shape index (κ3) is 3.50. The maximum absolute atomic E-state index is 9.34. The molecule has 3 rings (SSSR count). The third-order valence-corrected chi connectivity index (χ3v) is 4.44. The summed E-state index contributed by atoms with van der Waals surface area (Å²) in [6, 6.07) is 8.20. The number of nitrogens with zero attached hydrogens (tertiary/aromatic N) is 2. The number of nitrogens with one attached hydrogen (secondary N) is 1. The highest BCUT2D eigenvalue weighted by Crippen LogP contribution is 2.29. The molecule has 0 radical (unpaired) electrons. The zero-order valence-electron chi connectivity index (χ0n) is 12.3. The van der Waals surface area contributed by atoms with E-state index in [4.69, 9.17) is 0 Å². The maximum atomic E-state index is 9.34. The Morgan fingerprint density at radius 2 is 1.90 bits per heavy atom. The lowest BCUT2D eigenvalue weighted by atomic mass is 9.83. The molecular formula is C17H23N3O. The fourth-order valence-corrected chi connectivity index (χ4v) is 3.32. The average molecular weight is 285 g/mol. The normalized spacial score (nSPS) is 17.8. The zero-order valence-corrected chi connectivity index (χ0v) is 12.3. The molecule has 1 saturated carbocycles. The molecule has 0 aliphatic heterocycles. The van der Waals surface area contributed by atoms with E-state index in [1.807, 2.05) is 24.3 Å². The molecule has 1 heterocycles. The van der Waals surface area contributed by atoms with Crippen molar-refractivity contribution in [2.75, 3.05) is 11.9 Å². The van der Waals surface area contributed by atoms with E-state index in [-0.39, 0.29) is 6.61 Å². The molecule has 1 fully saturated rings. The molecule has 2 aromatic rings. The van der Waals surface area contributed by atoms with Crippen molar-refractivity contribution >= 4 is 16.9 Å². The van der Waals surface area contributed by atoms with Crippen LogP contribution in [-0.2, 0) is 0 Å². The summed E-state index contributed by atoms with van der Waals surface area (Å²) in [5.74, 6) is 1.46. The van der Waals surface area contributed by atoms with Gasteiger partial charge in [0.15, 0.2) is 0 Å². The Balaban J connectivity index is 1.76. The molecule has 112 valence electrons. The van der Waals surface area contributed by atoms with Gasteiger partial charge in [0, 0.05) is 12.6 Å². The van der Waals surface area contributed by atoms with Crippen molar-refractivity contribution in [1.29, 1.82) is 0 Å². The molecule has 0 spiro atoms. The summed E-state index contributed by atoms with van der Waals surface area (Å²) < 4.78 is 0. The van der Waals surface area contributed by atoms with Gasteiger partial charge < -0.3 is 10.4 Å². The molecule has 1 aromatic carbocycles. The van der Waals surface area contributed by atoms with Gasteiger partial charge in [-0.25, -0.2) is 4.98 Å². The van der Waals surface area contributed by atoms with Crippen molar-refractivity contribution in [3.8, 4) is 0 Å². The number of aromatic nitrogens is 2. The smallest absolute Gasteiger partial charge is 0.145 e. The Kier molecular flexibility index (Phi) is 4.65. The van der Waals surface area contributed by atoms with E-state index in [1.54, 1.807) is 6.20 Å². The topological polar surface area (TPSA) is 58.0 Å². The predicted octanol–water partition coefficient (Wildman–Crippen LogP) is 3.37. The summed E-state index contributed by atoms with van der Waals surface area (Å²) in [6.45, 7) is 0.217. The number of para-hydroxylation sites is 2. The summed E-state index contributed by atoms with van der Waals surface area (Å²) in [6.07, 6.45) is 9.03. The van der Waals surface area contributed by atoms with E-state index in [1.165, 1.54) is 32.1 Å². The lowest BCUT2D eigenvalue weighted by Crippen LogP contribution is -2.32. The first-order chi connectivity index (χ1) is 10.4. The Hall–Kier alpha value is -1.68. The second-order valence-electron chi connectivity index (χ2n) is 5.91. The number of aliphatic hydroxyl groups excluding tert-OH is 1. The van der Waals surface area contributed by atoms with Gasteiger partial charge in [0.25, 0.3) is 0 Å². The molecule has 4 nitrogen and oxygen atoms in total. The van der Waals surface area contributed by atoms with Crippen LogP contribution in [0.2, 0.25) is 0 Å². The Labute approximate surface area is 125 Å². The SMILES string of the molecule is OCCC(Nc1cnc2ccccc2n1)C1CCCCC1. The van der Waals surface area contributed by atoms with Crippen LogP contribution in [0.5, 0.6) is 0 Å². The van der Waals surface area contributed by atoms with Crippen LogP contribution in [0, 0.1) is 5.92 Å². The highest BCUT2D eigenvalue weighted by molar-refractivity contribution is 5.75. The van der Waals surface area contributed by atoms with Gasteiger partial charge in [-0.15, -0.1) is 0 Å². The van der Waals surface area contributed by atoms with Gasteiger partial charge >= 0.3 is 0 Å². The van der Waals surface area contributed by atoms with Gasteiger partial charge in [-0.3, -0.25) is 4.98 Å². The van der Waals surface area contributed by atoms with Crippen molar-refractivity contribution in [1.82, 2.24) is 9.97 Å². The van der Waals surface area contributed by atoms with E-state index in [0.717, 1.165) is 23.3 Å². The monoisotopic (exact) mass is 285 g/mol. The molecular weight excluding hydrogens is 262 g/mol. The molecule has 1 aliphatic carbocycles. The summed E-state index contributed by atoms with van der Waals surface area (Å²) in [7, 11) is 0. The molecule has 0 amide bonds. The van der Waals surface area contributed by atoms with Crippen LogP contribution in [0.25, 0.3) is 11.0 Å². The highest BCUT2D eigenvalue weighted by atomic mass is 16.3. The first-order valence-electron chi connectivity index (χ1n) is 7.96. The first kappa shape index (κ1) is 14.3. The Morgan fingerprint density at radius 1 is 1.14 bits per heavy atom. The van der Waals surface area contributed by atoms with E-state index < -0.39 is 0 Å². The maximum Gasteiger partial charge on any atom is 0.145 e. The van der Waals surface area contributed by atoms with Gasteiger partial charge in [-0.2, -0.15) is 0 Å². The van der Waals surface area contributed by atoms with Gasteiger partial charge in [0.05, 0.1) is 17.2 Å². The Morgan fingerprint density at radius 3 is 2.67 bits per heavy atom. The summed E-state index contributed by atoms with van der Waals surface area (Å²) in [4.78, 5) is 9.09. The standard InChI is InChI=1S/C17H23N3O/c21-11-10-14(13-6-2-1-3-7-13)19-17-12-18-15-8-4-5-9-16(15)20-17/h4-5,8-9,12-14,21H,1-3,6-7,10-11H2,(H,19,20). The number of benzene rings is 1. The second kappa shape index (κ2) is 6.85. The molecule has 21 heavy (non-hydrogen) atoms. The van der Waals surface area contributed by atoms with Crippen LogP contribution in [-0.4, -0.2) is 27.7 Å². The van der Waals surface area contributed by atoms with Crippen molar-refractivity contribution in [2.24, 2.45) is 5.92 Å². The third-order valence-electron chi connectivity index (χ3n) is 4.44. The fraction of sp³-hybridized carbons (Fsp3) is 0.529.